The number of nitrogens with zero attached hydrogens (tertiary/aromatic N) is 1. The minimum absolute atomic E-state index is 0.119. The highest BCUT2D eigenvalue weighted by molar-refractivity contribution is 7.89. The number of halogens is 1. The summed E-state index contributed by atoms with van der Waals surface area (Å²) in [6.07, 6.45) is 1.17. The molecule has 0 bridgehead atoms. The van der Waals surface area contributed by atoms with E-state index in [0.717, 1.165) is 0 Å². The number of aryl methyl sites for hydroxylation is 1. The first-order chi connectivity index (χ1) is 13.5. The minimum Gasteiger partial charge on any atom is -0.356 e. The Morgan fingerprint density at radius 2 is 1.72 bits per heavy atom. The molecule has 0 atom stereocenters. The summed E-state index contributed by atoms with van der Waals surface area (Å²) in [5.41, 5.74) is 3.49. The van der Waals surface area contributed by atoms with E-state index < -0.39 is 15.7 Å². The fourth-order valence-electron chi connectivity index (χ4n) is 2.99. The zero-order valence-electron chi connectivity index (χ0n) is 17.7. The number of rotatable bonds is 7. The summed E-state index contributed by atoms with van der Waals surface area (Å²) in [5, 5.41) is 6.45. The third-order valence-electron chi connectivity index (χ3n) is 4.79. The van der Waals surface area contributed by atoms with Crippen LogP contribution in [0.15, 0.2) is 47.5 Å². The van der Waals surface area contributed by atoms with Crippen molar-refractivity contribution in [1.29, 1.82) is 0 Å². The molecule has 0 aromatic heterocycles. The molecule has 0 fully saturated rings. The molecule has 0 aliphatic rings. The molecule has 0 spiro atoms. The Hall–Kier alpha value is -2.41. The van der Waals surface area contributed by atoms with E-state index in [-0.39, 0.29) is 17.7 Å². The third kappa shape index (κ3) is 7.16. The summed E-state index contributed by atoms with van der Waals surface area (Å²) >= 11 is 0. The molecule has 0 amide bonds. The van der Waals surface area contributed by atoms with Crippen LogP contribution in [0.1, 0.15) is 36.1 Å². The van der Waals surface area contributed by atoms with Gasteiger partial charge in [0.1, 0.15) is 5.82 Å². The quantitative estimate of drug-likeness (QED) is 0.534. The Morgan fingerprint density at radius 1 is 1.07 bits per heavy atom. The molecular weight excluding hydrogens is 389 g/mol. The van der Waals surface area contributed by atoms with Gasteiger partial charge in [0.2, 0.25) is 0 Å². The van der Waals surface area contributed by atoms with Crippen molar-refractivity contribution >= 4 is 15.8 Å². The van der Waals surface area contributed by atoms with Crippen molar-refractivity contribution in [3.8, 4) is 0 Å². The van der Waals surface area contributed by atoms with Gasteiger partial charge in [-0.05, 0) is 35.7 Å². The monoisotopic (exact) mass is 419 g/mol. The fraction of sp³-hybridized carbons (Fsp3) is 0.409. The lowest BCUT2D eigenvalue weighted by Crippen LogP contribution is -2.43. The molecule has 0 heterocycles. The van der Waals surface area contributed by atoms with Crippen LogP contribution in [0.5, 0.6) is 0 Å². The maximum atomic E-state index is 13.7. The molecule has 2 aromatic rings. The second kappa shape index (κ2) is 9.39. The second-order valence-electron chi connectivity index (χ2n) is 8.01. The van der Waals surface area contributed by atoms with Crippen molar-refractivity contribution in [2.45, 2.75) is 38.5 Å². The molecule has 2 N–H and O–H groups in total. The molecule has 29 heavy (non-hydrogen) atoms. The van der Waals surface area contributed by atoms with Gasteiger partial charge in [-0.1, -0.05) is 49.7 Å². The molecular formula is C22H30FN3O2S. The third-order valence-corrected chi connectivity index (χ3v) is 5.62. The molecule has 0 radical (unpaired) electrons. The highest BCUT2D eigenvalue weighted by Crippen LogP contribution is 2.22. The van der Waals surface area contributed by atoms with E-state index in [4.69, 9.17) is 0 Å². The smallest absolute Gasteiger partial charge is 0.191 e. The Bertz CT molecular complexity index is 968. The van der Waals surface area contributed by atoms with Gasteiger partial charge in [0.15, 0.2) is 15.8 Å². The predicted molar refractivity (Wildman–Crippen MR) is 117 cm³/mol. The van der Waals surface area contributed by atoms with Gasteiger partial charge < -0.3 is 10.6 Å². The molecule has 2 aromatic carbocycles. The molecule has 5 nitrogen and oxygen atoms in total. The van der Waals surface area contributed by atoms with Gasteiger partial charge >= 0.3 is 0 Å². The van der Waals surface area contributed by atoms with Crippen LogP contribution in [0.2, 0.25) is 0 Å². The lowest BCUT2D eigenvalue weighted by atomic mass is 9.84. The Kier molecular flexibility index (Phi) is 7.41. The van der Waals surface area contributed by atoms with Crippen LogP contribution in [0, 0.1) is 12.7 Å². The summed E-state index contributed by atoms with van der Waals surface area (Å²) in [4.78, 5) is 4.22. The van der Waals surface area contributed by atoms with Gasteiger partial charge in [0, 0.05) is 31.8 Å². The van der Waals surface area contributed by atoms with Crippen LogP contribution in [-0.2, 0) is 27.5 Å². The van der Waals surface area contributed by atoms with Crippen molar-refractivity contribution in [1.82, 2.24) is 10.6 Å². The molecule has 0 saturated carbocycles. The largest absolute Gasteiger partial charge is 0.356 e. The van der Waals surface area contributed by atoms with Gasteiger partial charge in [-0.15, -0.1) is 0 Å². The predicted octanol–water partition coefficient (Wildman–Crippen LogP) is 3.32. The summed E-state index contributed by atoms with van der Waals surface area (Å²) in [6.45, 7) is 7.27. The summed E-state index contributed by atoms with van der Waals surface area (Å²) in [7, 11) is -1.55. The van der Waals surface area contributed by atoms with E-state index in [9.17, 15) is 12.8 Å². The molecule has 0 aliphatic heterocycles. The zero-order chi connectivity index (χ0) is 21.7. The van der Waals surface area contributed by atoms with Crippen molar-refractivity contribution < 1.29 is 12.8 Å². The van der Waals surface area contributed by atoms with Crippen molar-refractivity contribution in [3.05, 3.63) is 70.5 Å². The van der Waals surface area contributed by atoms with Crippen LogP contribution in [0.3, 0.4) is 0 Å². The van der Waals surface area contributed by atoms with E-state index in [1.54, 1.807) is 7.05 Å². The van der Waals surface area contributed by atoms with E-state index >= 15 is 0 Å². The Morgan fingerprint density at radius 3 is 2.31 bits per heavy atom. The topological polar surface area (TPSA) is 70.6 Å². The highest BCUT2D eigenvalue weighted by atomic mass is 32.2. The van der Waals surface area contributed by atoms with Gasteiger partial charge in [0.05, 0.1) is 5.75 Å². The van der Waals surface area contributed by atoms with Gasteiger partial charge in [0.25, 0.3) is 0 Å². The van der Waals surface area contributed by atoms with Crippen molar-refractivity contribution in [2.75, 3.05) is 19.8 Å². The van der Waals surface area contributed by atoms with Crippen LogP contribution in [0.25, 0.3) is 0 Å². The normalized spacial score (nSPS) is 12.7. The number of hydrogen-bond acceptors (Lipinski definition) is 3. The highest BCUT2D eigenvalue weighted by Gasteiger charge is 2.21. The number of sulfone groups is 1. The fourth-order valence-corrected chi connectivity index (χ4v) is 3.84. The van der Waals surface area contributed by atoms with Gasteiger partial charge in [-0.3, -0.25) is 4.99 Å². The number of nitrogens with one attached hydrogen (secondary N) is 2. The minimum atomic E-state index is -3.22. The standard InChI is InChI=1S/C22H30FN3O2S/c1-16-6-9-19(10-7-16)22(2,3)15-26-21(24-4)25-13-18-12-20(23)11-8-17(18)14-29(5,27)28/h6-12H,13-15H2,1-5H3,(H2,24,25,26). The number of aliphatic imine (C=N–C) groups is 1. The van der Waals surface area contributed by atoms with Crippen molar-refractivity contribution in [2.24, 2.45) is 4.99 Å². The maximum absolute atomic E-state index is 13.7. The lowest BCUT2D eigenvalue weighted by Gasteiger charge is -2.27. The maximum Gasteiger partial charge on any atom is 0.191 e. The van der Waals surface area contributed by atoms with E-state index in [2.05, 4.69) is 60.7 Å². The number of benzene rings is 2. The average Bonchev–Trinajstić information content (AvgIpc) is 2.63. The lowest BCUT2D eigenvalue weighted by molar-refractivity contribution is 0.508. The summed E-state index contributed by atoms with van der Waals surface area (Å²) < 4.78 is 37.0. The Balaban J connectivity index is 2.04. The first-order valence-corrected chi connectivity index (χ1v) is 11.5. The Labute approximate surface area is 173 Å². The van der Waals surface area contributed by atoms with Crippen LogP contribution in [0.4, 0.5) is 4.39 Å². The van der Waals surface area contributed by atoms with Gasteiger partial charge in [-0.25, -0.2) is 12.8 Å². The van der Waals surface area contributed by atoms with Gasteiger partial charge in [-0.2, -0.15) is 0 Å². The number of hydrogen-bond donors (Lipinski definition) is 2. The molecule has 2 rings (SSSR count). The average molecular weight is 420 g/mol. The summed E-state index contributed by atoms with van der Waals surface area (Å²) in [5.74, 6) is 0.0406. The summed E-state index contributed by atoms with van der Waals surface area (Å²) in [6, 6.07) is 12.6. The van der Waals surface area contributed by atoms with Crippen LogP contribution in [-0.4, -0.2) is 34.2 Å². The van der Waals surface area contributed by atoms with E-state index in [1.807, 2.05) is 0 Å². The number of guanidine groups is 1. The molecule has 0 unspecified atom stereocenters. The van der Waals surface area contributed by atoms with E-state index in [1.165, 1.54) is 35.6 Å². The molecule has 0 saturated heterocycles. The van der Waals surface area contributed by atoms with Crippen LogP contribution >= 0.6 is 0 Å². The van der Waals surface area contributed by atoms with E-state index in [0.29, 0.717) is 23.6 Å². The molecule has 158 valence electrons. The SMILES string of the molecule is CN=C(NCc1cc(F)ccc1CS(C)(=O)=O)NCC(C)(C)c1ccc(C)cc1. The molecule has 0 aliphatic carbocycles. The van der Waals surface area contributed by atoms with Crippen LogP contribution < -0.4 is 10.6 Å². The van der Waals surface area contributed by atoms with Crippen molar-refractivity contribution in [3.63, 3.8) is 0 Å². The molecule has 7 heteroatoms. The first kappa shape index (κ1) is 22.9. The first-order valence-electron chi connectivity index (χ1n) is 9.47. The zero-order valence-corrected chi connectivity index (χ0v) is 18.5. The second-order valence-corrected chi connectivity index (χ2v) is 10.2.